The summed E-state index contributed by atoms with van der Waals surface area (Å²) in [6.07, 6.45) is 17.6. The van der Waals surface area contributed by atoms with Gasteiger partial charge in [-0.2, -0.15) is 0 Å². The van der Waals surface area contributed by atoms with Gasteiger partial charge in [0, 0.05) is 25.5 Å². The second-order valence-electron chi connectivity index (χ2n) is 12.0. The molecule has 7 heteroatoms. The fourth-order valence-electron chi connectivity index (χ4n) is 5.91. The lowest BCUT2D eigenvalue weighted by molar-refractivity contribution is -0.145. The predicted octanol–water partition coefficient (Wildman–Crippen LogP) is 8.97. The summed E-state index contributed by atoms with van der Waals surface area (Å²) in [7, 11) is 0. The molecule has 2 aromatic carbocycles. The summed E-state index contributed by atoms with van der Waals surface area (Å²) in [4.78, 5) is 24.1. The quantitative estimate of drug-likeness (QED) is 0.0832. The van der Waals surface area contributed by atoms with Gasteiger partial charge in [-0.25, -0.2) is 4.79 Å². The number of hydrogen-bond acceptors (Lipinski definition) is 6. The molecule has 0 fully saturated rings. The number of alkyl carbamates (subject to hydrolysis) is 1. The van der Waals surface area contributed by atoms with Gasteiger partial charge in [0.05, 0.1) is 19.8 Å². The van der Waals surface area contributed by atoms with E-state index in [-0.39, 0.29) is 18.5 Å². The monoisotopic (exact) mass is 623 g/mol. The molecule has 45 heavy (non-hydrogen) atoms. The molecule has 3 rings (SSSR count). The van der Waals surface area contributed by atoms with Gasteiger partial charge in [0.25, 0.3) is 0 Å². The van der Waals surface area contributed by atoms with Crippen LogP contribution >= 0.6 is 0 Å². The van der Waals surface area contributed by atoms with Gasteiger partial charge in [-0.3, -0.25) is 4.79 Å². The average Bonchev–Trinajstić information content (AvgIpc) is 3.38. The van der Waals surface area contributed by atoms with Crippen LogP contribution in [0.2, 0.25) is 0 Å². The molecule has 0 radical (unpaired) electrons. The van der Waals surface area contributed by atoms with Crippen molar-refractivity contribution in [2.75, 3.05) is 46.2 Å². The van der Waals surface area contributed by atoms with Crippen LogP contribution in [0.4, 0.5) is 4.79 Å². The number of ether oxygens (including phenoxy) is 4. The Morgan fingerprint density at radius 2 is 1.11 bits per heavy atom. The lowest BCUT2D eigenvalue weighted by Gasteiger charge is -2.14. The van der Waals surface area contributed by atoms with E-state index >= 15 is 0 Å². The van der Waals surface area contributed by atoms with E-state index in [0.717, 1.165) is 12.8 Å². The molecule has 0 heterocycles. The molecule has 1 N–H and O–H groups in total. The van der Waals surface area contributed by atoms with Crippen molar-refractivity contribution in [3.63, 3.8) is 0 Å². The van der Waals surface area contributed by atoms with Gasteiger partial charge in [-0.1, -0.05) is 133 Å². The molecule has 0 spiro atoms. The zero-order valence-corrected chi connectivity index (χ0v) is 27.7. The summed E-state index contributed by atoms with van der Waals surface area (Å²) >= 11 is 0. The van der Waals surface area contributed by atoms with Gasteiger partial charge in [0.1, 0.15) is 13.2 Å². The Morgan fingerprint density at radius 1 is 0.600 bits per heavy atom. The maximum absolute atomic E-state index is 12.2. The molecule has 0 unspecified atom stereocenters. The minimum Gasteiger partial charge on any atom is -0.463 e. The number of nitrogens with one attached hydrogen (secondary N) is 1. The minimum atomic E-state index is -0.413. The van der Waals surface area contributed by atoms with Gasteiger partial charge >= 0.3 is 12.1 Å². The second-order valence-corrected chi connectivity index (χ2v) is 12.0. The fraction of sp³-hybridized carbons (Fsp3) is 0.632. The minimum absolute atomic E-state index is 0.0547. The third-order valence-electron chi connectivity index (χ3n) is 8.43. The highest BCUT2D eigenvalue weighted by Crippen LogP contribution is 2.44. The summed E-state index contributed by atoms with van der Waals surface area (Å²) < 4.78 is 21.9. The topological polar surface area (TPSA) is 83.1 Å². The van der Waals surface area contributed by atoms with Crippen molar-refractivity contribution in [1.82, 2.24) is 5.32 Å². The number of benzene rings is 2. The molecule has 0 aliphatic heterocycles. The van der Waals surface area contributed by atoms with Crippen molar-refractivity contribution in [3.05, 3.63) is 59.7 Å². The normalized spacial score (nSPS) is 12.1. The zero-order valence-electron chi connectivity index (χ0n) is 27.7. The first kappa shape index (κ1) is 36.6. The van der Waals surface area contributed by atoms with Crippen molar-refractivity contribution in [3.8, 4) is 11.1 Å². The van der Waals surface area contributed by atoms with Crippen molar-refractivity contribution in [2.45, 2.75) is 109 Å². The van der Waals surface area contributed by atoms with Gasteiger partial charge in [0.15, 0.2) is 0 Å². The van der Waals surface area contributed by atoms with Crippen molar-refractivity contribution in [1.29, 1.82) is 0 Å². The molecule has 0 saturated heterocycles. The van der Waals surface area contributed by atoms with E-state index in [1.165, 1.54) is 92.9 Å². The lowest BCUT2D eigenvalue weighted by Crippen LogP contribution is -2.27. The molecule has 1 aliphatic carbocycles. The lowest BCUT2D eigenvalue weighted by atomic mass is 9.98. The molecule has 0 bridgehead atoms. The van der Waals surface area contributed by atoms with E-state index in [9.17, 15) is 9.59 Å². The molecular formula is C38H57NO6. The molecule has 0 aromatic heterocycles. The average molecular weight is 624 g/mol. The summed E-state index contributed by atoms with van der Waals surface area (Å²) in [5.74, 6) is -0.0825. The third-order valence-corrected chi connectivity index (χ3v) is 8.43. The molecule has 1 aliphatic rings. The third kappa shape index (κ3) is 14.8. The maximum atomic E-state index is 12.2. The van der Waals surface area contributed by atoms with Crippen molar-refractivity contribution in [2.24, 2.45) is 0 Å². The molecule has 1 amide bonds. The number of carbonyl (C=O) groups excluding carboxylic acids is 2. The Hall–Kier alpha value is -2.90. The van der Waals surface area contributed by atoms with Gasteiger partial charge < -0.3 is 24.3 Å². The largest absolute Gasteiger partial charge is 0.463 e. The first-order chi connectivity index (χ1) is 22.2. The highest BCUT2D eigenvalue weighted by molar-refractivity contribution is 5.79. The maximum Gasteiger partial charge on any atom is 0.407 e. The smallest absolute Gasteiger partial charge is 0.407 e. The Balaban J connectivity index is 1.05. The van der Waals surface area contributed by atoms with Crippen LogP contribution in [-0.4, -0.2) is 58.2 Å². The van der Waals surface area contributed by atoms with E-state index in [1.807, 2.05) is 24.3 Å². The van der Waals surface area contributed by atoms with E-state index in [1.54, 1.807) is 0 Å². The summed E-state index contributed by atoms with van der Waals surface area (Å²) in [6.45, 7) is 5.11. The number of unbranched alkanes of at least 4 members (excludes halogenated alkanes) is 12. The highest BCUT2D eigenvalue weighted by atomic mass is 16.6. The van der Waals surface area contributed by atoms with Crippen LogP contribution in [0.5, 0.6) is 0 Å². The van der Waals surface area contributed by atoms with Crippen LogP contribution in [0.15, 0.2) is 48.5 Å². The van der Waals surface area contributed by atoms with Crippen molar-refractivity contribution >= 4 is 12.1 Å². The van der Waals surface area contributed by atoms with E-state index in [4.69, 9.17) is 18.9 Å². The van der Waals surface area contributed by atoms with E-state index < -0.39 is 6.09 Å². The Kier molecular flexibility index (Phi) is 19.0. The van der Waals surface area contributed by atoms with E-state index in [2.05, 4.69) is 36.5 Å². The Labute approximate surface area is 271 Å². The van der Waals surface area contributed by atoms with Crippen LogP contribution in [0.3, 0.4) is 0 Å². The van der Waals surface area contributed by atoms with Crippen LogP contribution in [-0.2, 0) is 23.7 Å². The predicted molar refractivity (Wildman–Crippen MR) is 181 cm³/mol. The molecular weight excluding hydrogens is 566 g/mol. The first-order valence-corrected chi connectivity index (χ1v) is 17.6. The summed E-state index contributed by atoms with van der Waals surface area (Å²) in [5, 5.41) is 2.80. The zero-order chi connectivity index (χ0) is 31.8. The SMILES string of the molecule is CCCCCCCCCCCCCCCC(=O)OCCOCCOCCCNC(=O)OCC1c2ccccc2-c2ccccc21. The van der Waals surface area contributed by atoms with Gasteiger partial charge in [-0.15, -0.1) is 0 Å². The molecule has 7 nitrogen and oxygen atoms in total. The second kappa shape index (κ2) is 23.4. The number of rotatable bonds is 26. The number of fused-ring (bicyclic) bond motifs is 3. The Bertz CT molecular complexity index is 1040. The standard InChI is InChI=1S/C38H57NO6/c1-2-3-4-5-6-7-8-9-10-11-12-13-14-24-37(40)44-30-29-43-28-27-42-26-19-25-39-38(41)45-31-36-34-22-17-15-20-32(34)33-21-16-18-23-35(33)36/h15-18,20-23,36H,2-14,19,24-31H2,1H3,(H,39,41). The molecule has 0 saturated carbocycles. The van der Waals surface area contributed by atoms with Crippen LogP contribution in [0.25, 0.3) is 11.1 Å². The molecule has 2 aromatic rings. The summed E-state index contributed by atoms with van der Waals surface area (Å²) in [5.41, 5.74) is 4.82. The molecule has 0 atom stereocenters. The number of carbonyl (C=O) groups is 2. The van der Waals surface area contributed by atoms with Crippen LogP contribution < -0.4 is 5.32 Å². The number of amides is 1. The molecule has 250 valence electrons. The van der Waals surface area contributed by atoms with Crippen LogP contribution in [0.1, 0.15) is 120 Å². The van der Waals surface area contributed by atoms with Crippen LogP contribution in [0, 0.1) is 0 Å². The van der Waals surface area contributed by atoms with Gasteiger partial charge in [0.2, 0.25) is 0 Å². The van der Waals surface area contributed by atoms with Gasteiger partial charge in [-0.05, 0) is 35.1 Å². The fourth-order valence-corrected chi connectivity index (χ4v) is 5.91. The highest BCUT2D eigenvalue weighted by Gasteiger charge is 2.28. The first-order valence-electron chi connectivity index (χ1n) is 17.6. The number of hydrogen-bond donors (Lipinski definition) is 1. The Morgan fingerprint density at radius 3 is 1.71 bits per heavy atom. The number of esters is 1. The summed E-state index contributed by atoms with van der Waals surface area (Å²) in [6, 6.07) is 16.6. The van der Waals surface area contributed by atoms with Crippen molar-refractivity contribution < 1.29 is 28.5 Å². The van der Waals surface area contributed by atoms with E-state index in [0.29, 0.717) is 52.4 Å².